The van der Waals surface area contributed by atoms with E-state index in [1.165, 1.54) is 6.07 Å². The summed E-state index contributed by atoms with van der Waals surface area (Å²) >= 11 is 0. The van der Waals surface area contributed by atoms with Crippen LogP contribution in [0.1, 0.15) is 16.7 Å². The molecule has 0 saturated heterocycles. The van der Waals surface area contributed by atoms with Gasteiger partial charge in [0.15, 0.2) is 11.5 Å². The summed E-state index contributed by atoms with van der Waals surface area (Å²) in [6.45, 7) is 2.55. The van der Waals surface area contributed by atoms with E-state index in [-0.39, 0.29) is 25.2 Å². The van der Waals surface area contributed by atoms with Gasteiger partial charge in [-0.25, -0.2) is 9.18 Å². The molecule has 120 valence electrons. The molecule has 0 saturated carbocycles. The van der Waals surface area contributed by atoms with Gasteiger partial charge in [-0.15, -0.1) is 0 Å². The topological polar surface area (TPSA) is 59.6 Å². The maximum Gasteiger partial charge on any atom is 0.315 e. The molecule has 0 aliphatic carbocycles. The molecule has 0 fully saturated rings. The van der Waals surface area contributed by atoms with Crippen molar-refractivity contribution in [1.29, 1.82) is 0 Å². The summed E-state index contributed by atoms with van der Waals surface area (Å²) in [5.41, 5.74) is 2.21. The molecule has 23 heavy (non-hydrogen) atoms. The lowest BCUT2D eigenvalue weighted by molar-refractivity contribution is 0.174. The van der Waals surface area contributed by atoms with E-state index in [1.807, 2.05) is 18.2 Å². The molecule has 6 heteroatoms. The quantitative estimate of drug-likeness (QED) is 0.912. The van der Waals surface area contributed by atoms with Gasteiger partial charge < -0.3 is 20.1 Å². The Balaban J connectivity index is 1.48. The van der Waals surface area contributed by atoms with Gasteiger partial charge in [0.05, 0.1) is 0 Å². The average Bonchev–Trinajstić information content (AvgIpc) is 3.01. The fourth-order valence-corrected chi connectivity index (χ4v) is 2.22. The van der Waals surface area contributed by atoms with Gasteiger partial charge in [0.1, 0.15) is 5.82 Å². The summed E-state index contributed by atoms with van der Waals surface area (Å²) in [5, 5.41) is 5.44. The van der Waals surface area contributed by atoms with Gasteiger partial charge in [0, 0.05) is 13.1 Å². The monoisotopic (exact) mass is 316 g/mol. The summed E-state index contributed by atoms with van der Waals surface area (Å²) in [6, 6.07) is 10.1. The molecule has 0 atom stereocenters. The Kier molecular flexibility index (Phi) is 4.32. The van der Waals surface area contributed by atoms with Crippen LogP contribution < -0.4 is 20.1 Å². The van der Waals surface area contributed by atoms with Crippen molar-refractivity contribution >= 4 is 6.03 Å². The number of aryl methyl sites for hydroxylation is 1. The number of fused-ring (bicyclic) bond motifs is 1. The first-order chi connectivity index (χ1) is 11.1. The van der Waals surface area contributed by atoms with Crippen molar-refractivity contribution in [1.82, 2.24) is 10.6 Å². The predicted molar refractivity (Wildman–Crippen MR) is 82.8 cm³/mol. The van der Waals surface area contributed by atoms with Gasteiger partial charge in [-0.2, -0.15) is 0 Å². The van der Waals surface area contributed by atoms with Gasteiger partial charge in [0.25, 0.3) is 0 Å². The molecule has 1 aliphatic rings. The zero-order chi connectivity index (χ0) is 16.2. The van der Waals surface area contributed by atoms with E-state index in [0.717, 1.165) is 5.56 Å². The zero-order valence-electron chi connectivity index (χ0n) is 12.7. The lowest BCUT2D eigenvalue weighted by atomic mass is 10.1. The number of amides is 2. The second-order valence-corrected chi connectivity index (χ2v) is 5.31. The van der Waals surface area contributed by atoms with Crippen LogP contribution in [-0.4, -0.2) is 12.8 Å². The van der Waals surface area contributed by atoms with Crippen molar-refractivity contribution in [2.45, 2.75) is 20.0 Å². The molecule has 2 aromatic carbocycles. The molecule has 0 radical (unpaired) electrons. The second-order valence-electron chi connectivity index (χ2n) is 5.31. The smallest absolute Gasteiger partial charge is 0.315 e. The van der Waals surface area contributed by atoms with Gasteiger partial charge in [0.2, 0.25) is 6.79 Å². The molecule has 1 heterocycles. The highest BCUT2D eigenvalue weighted by Gasteiger charge is 2.13. The predicted octanol–water partition coefficient (Wildman–Crippen LogP) is 2.86. The van der Waals surface area contributed by atoms with Gasteiger partial charge in [-0.05, 0) is 41.8 Å². The summed E-state index contributed by atoms with van der Waals surface area (Å²) in [6.07, 6.45) is 0. The molecular weight excluding hydrogens is 299 g/mol. The molecule has 2 aromatic rings. The largest absolute Gasteiger partial charge is 0.454 e. The number of ether oxygens (including phenoxy) is 2. The van der Waals surface area contributed by atoms with Gasteiger partial charge >= 0.3 is 6.03 Å². The molecule has 0 unspecified atom stereocenters. The van der Waals surface area contributed by atoms with Gasteiger partial charge in [-0.3, -0.25) is 0 Å². The summed E-state index contributed by atoms with van der Waals surface area (Å²) in [4.78, 5) is 11.8. The first-order valence-corrected chi connectivity index (χ1v) is 7.27. The Morgan fingerprint density at radius 1 is 1.04 bits per heavy atom. The van der Waals surface area contributed by atoms with E-state index in [2.05, 4.69) is 10.6 Å². The molecule has 0 spiro atoms. The van der Waals surface area contributed by atoms with E-state index in [1.54, 1.807) is 19.1 Å². The number of halogens is 1. The maximum atomic E-state index is 13.4. The highest BCUT2D eigenvalue weighted by atomic mass is 19.1. The lowest BCUT2D eigenvalue weighted by Crippen LogP contribution is -2.34. The van der Waals surface area contributed by atoms with E-state index < -0.39 is 0 Å². The number of benzene rings is 2. The fraction of sp³-hybridized carbons (Fsp3) is 0.235. The number of carbonyl (C=O) groups excluding carboxylic acids is 1. The Labute approximate surface area is 133 Å². The summed E-state index contributed by atoms with van der Waals surface area (Å²) in [5.74, 6) is 1.12. The molecule has 1 aliphatic heterocycles. The van der Waals surface area contributed by atoms with E-state index in [4.69, 9.17) is 9.47 Å². The highest BCUT2D eigenvalue weighted by molar-refractivity contribution is 5.73. The molecule has 2 N–H and O–H groups in total. The fourth-order valence-electron chi connectivity index (χ4n) is 2.22. The van der Waals surface area contributed by atoms with Crippen molar-refractivity contribution in [3.05, 3.63) is 58.9 Å². The van der Waals surface area contributed by atoms with Crippen LogP contribution in [-0.2, 0) is 13.1 Å². The third-order valence-corrected chi connectivity index (χ3v) is 3.58. The lowest BCUT2D eigenvalue weighted by Gasteiger charge is -2.09. The first-order valence-electron chi connectivity index (χ1n) is 7.27. The molecule has 2 amide bonds. The van der Waals surface area contributed by atoms with Crippen molar-refractivity contribution in [3.63, 3.8) is 0 Å². The van der Waals surface area contributed by atoms with E-state index >= 15 is 0 Å². The Morgan fingerprint density at radius 3 is 2.43 bits per heavy atom. The second kappa shape index (κ2) is 6.56. The summed E-state index contributed by atoms with van der Waals surface area (Å²) in [7, 11) is 0. The van der Waals surface area contributed by atoms with Crippen LogP contribution in [0.25, 0.3) is 0 Å². The molecule has 5 nitrogen and oxygen atoms in total. The zero-order valence-corrected chi connectivity index (χ0v) is 12.7. The summed E-state index contributed by atoms with van der Waals surface area (Å²) < 4.78 is 23.9. The van der Waals surface area contributed by atoms with E-state index in [0.29, 0.717) is 29.2 Å². The van der Waals surface area contributed by atoms with Crippen LogP contribution in [0, 0.1) is 12.7 Å². The van der Waals surface area contributed by atoms with Crippen molar-refractivity contribution in [2.24, 2.45) is 0 Å². The van der Waals surface area contributed by atoms with Crippen LogP contribution in [0.4, 0.5) is 9.18 Å². The number of hydrogen-bond acceptors (Lipinski definition) is 3. The number of hydrogen-bond donors (Lipinski definition) is 2. The first kappa shape index (κ1) is 15.1. The van der Waals surface area contributed by atoms with Crippen LogP contribution >= 0.6 is 0 Å². The molecular formula is C17H17FN2O3. The third-order valence-electron chi connectivity index (χ3n) is 3.58. The molecule has 0 aromatic heterocycles. The number of rotatable bonds is 4. The Bertz CT molecular complexity index is 734. The average molecular weight is 316 g/mol. The van der Waals surface area contributed by atoms with Gasteiger partial charge in [-0.1, -0.05) is 18.2 Å². The minimum absolute atomic E-state index is 0.222. The van der Waals surface area contributed by atoms with Crippen LogP contribution in [0.2, 0.25) is 0 Å². The molecule has 0 bridgehead atoms. The minimum Gasteiger partial charge on any atom is -0.454 e. The minimum atomic E-state index is -0.316. The van der Waals surface area contributed by atoms with Crippen LogP contribution in [0.5, 0.6) is 11.5 Å². The van der Waals surface area contributed by atoms with E-state index in [9.17, 15) is 9.18 Å². The SMILES string of the molecule is Cc1ccc(CNC(=O)NCc2ccc3c(c2)OCO3)cc1F. The van der Waals surface area contributed by atoms with Crippen LogP contribution in [0.3, 0.4) is 0 Å². The van der Waals surface area contributed by atoms with Crippen molar-refractivity contribution in [2.75, 3.05) is 6.79 Å². The standard InChI is InChI=1S/C17H17FN2O3/c1-11-2-3-12(6-14(11)18)8-19-17(21)20-9-13-4-5-15-16(7-13)23-10-22-15/h2-7H,8-10H2,1H3,(H2,19,20,21). The maximum absolute atomic E-state index is 13.4. The third kappa shape index (κ3) is 3.71. The van der Waals surface area contributed by atoms with Crippen LogP contribution in [0.15, 0.2) is 36.4 Å². The Morgan fingerprint density at radius 2 is 1.70 bits per heavy atom. The highest BCUT2D eigenvalue weighted by Crippen LogP contribution is 2.32. The van der Waals surface area contributed by atoms with Crippen molar-refractivity contribution in [3.8, 4) is 11.5 Å². The number of nitrogens with one attached hydrogen (secondary N) is 2. The van der Waals surface area contributed by atoms with Crippen molar-refractivity contribution < 1.29 is 18.7 Å². The number of carbonyl (C=O) groups is 1. The Hall–Kier alpha value is -2.76. The molecule has 3 rings (SSSR count). The number of urea groups is 1. The normalized spacial score (nSPS) is 12.1.